The first-order valence-electron chi connectivity index (χ1n) is 5.53. The molecule has 2 aliphatic carbocycles. The van der Waals surface area contributed by atoms with Crippen molar-refractivity contribution < 1.29 is 9.59 Å². The van der Waals surface area contributed by atoms with Gasteiger partial charge < -0.3 is 0 Å². The topological polar surface area (TPSA) is 34.1 Å². The van der Waals surface area contributed by atoms with Crippen LogP contribution in [-0.4, -0.2) is 11.6 Å². The maximum Gasteiger partial charge on any atom is 0.149 e. The van der Waals surface area contributed by atoms with Crippen molar-refractivity contribution >= 4 is 11.6 Å². The van der Waals surface area contributed by atoms with Crippen LogP contribution in [0.15, 0.2) is 0 Å². The van der Waals surface area contributed by atoms with Crippen LogP contribution in [0.25, 0.3) is 0 Å². The molecular formula is C12H18O2. The van der Waals surface area contributed by atoms with Crippen molar-refractivity contribution in [1.29, 1.82) is 0 Å². The Kier molecular flexibility index (Phi) is 2.06. The molecule has 0 aromatic rings. The van der Waals surface area contributed by atoms with Gasteiger partial charge in [0.15, 0.2) is 0 Å². The zero-order chi connectivity index (χ0) is 10.5. The number of ketones is 2. The second-order valence-corrected chi connectivity index (χ2v) is 5.49. The van der Waals surface area contributed by atoms with Gasteiger partial charge >= 0.3 is 0 Å². The molecule has 2 nitrogen and oxygen atoms in total. The summed E-state index contributed by atoms with van der Waals surface area (Å²) in [6, 6.07) is 0. The Morgan fingerprint density at radius 3 is 2.57 bits per heavy atom. The van der Waals surface area contributed by atoms with E-state index in [4.69, 9.17) is 0 Å². The monoisotopic (exact) mass is 194 g/mol. The largest absolute Gasteiger partial charge is 0.299 e. The number of Topliss-reactive ketones (excluding diaryl/α,β-unsaturated/α-hetero) is 2. The minimum atomic E-state index is -0.298. The molecule has 0 N–H and O–H groups in total. The van der Waals surface area contributed by atoms with Crippen molar-refractivity contribution in [2.45, 2.75) is 40.0 Å². The predicted molar refractivity (Wildman–Crippen MR) is 53.8 cm³/mol. The zero-order valence-corrected chi connectivity index (χ0v) is 9.17. The molecule has 0 aromatic carbocycles. The minimum Gasteiger partial charge on any atom is -0.299 e. The SMILES string of the molecule is CC(C)[C@H]1CC[C@@]2(C)CC(=O)[C@@H]1C2=O. The van der Waals surface area contributed by atoms with E-state index in [1.54, 1.807) is 0 Å². The Morgan fingerprint density at radius 2 is 2.00 bits per heavy atom. The molecule has 14 heavy (non-hydrogen) atoms. The highest BCUT2D eigenvalue weighted by Crippen LogP contribution is 2.50. The quantitative estimate of drug-likeness (QED) is 0.600. The molecule has 0 aliphatic heterocycles. The van der Waals surface area contributed by atoms with E-state index in [1.165, 1.54) is 0 Å². The van der Waals surface area contributed by atoms with Crippen LogP contribution in [-0.2, 0) is 9.59 Å². The second kappa shape index (κ2) is 2.91. The third-order valence-electron chi connectivity index (χ3n) is 4.10. The van der Waals surface area contributed by atoms with Gasteiger partial charge in [-0.15, -0.1) is 0 Å². The van der Waals surface area contributed by atoms with Gasteiger partial charge in [0.05, 0.1) is 5.92 Å². The molecule has 2 fully saturated rings. The number of hydrogen-bond donors (Lipinski definition) is 0. The van der Waals surface area contributed by atoms with Gasteiger partial charge in [-0.05, 0) is 24.7 Å². The van der Waals surface area contributed by atoms with Crippen LogP contribution in [0.1, 0.15) is 40.0 Å². The Hall–Kier alpha value is -0.660. The highest BCUT2D eigenvalue weighted by molar-refractivity contribution is 6.12. The van der Waals surface area contributed by atoms with Gasteiger partial charge in [0.25, 0.3) is 0 Å². The molecule has 2 rings (SSSR count). The average Bonchev–Trinajstić information content (AvgIpc) is 2.25. The number of fused-ring (bicyclic) bond motifs is 2. The predicted octanol–water partition coefficient (Wildman–Crippen LogP) is 2.22. The zero-order valence-electron chi connectivity index (χ0n) is 9.17. The lowest BCUT2D eigenvalue weighted by Gasteiger charge is -2.34. The van der Waals surface area contributed by atoms with Gasteiger partial charge in [-0.3, -0.25) is 9.59 Å². The maximum atomic E-state index is 12.0. The van der Waals surface area contributed by atoms with Gasteiger partial charge in [0.1, 0.15) is 11.6 Å². The van der Waals surface area contributed by atoms with Crippen LogP contribution in [0.3, 0.4) is 0 Å². The molecule has 0 unspecified atom stereocenters. The minimum absolute atomic E-state index is 0.203. The summed E-state index contributed by atoms with van der Waals surface area (Å²) >= 11 is 0. The third kappa shape index (κ3) is 1.16. The summed E-state index contributed by atoms with van der Waals surface area (Å²) < 4.78 is 0. The Morgan fingerprint density at radius 1 is 1.36 bits per heavy atom. The molecule has 0 amide bonds. The normalized spacial score (nSPS) is 42.3. The number of carbonyl (C=O) groups excluding carboxylic acids is 2. The van der Waals surface area contributed by atoms with E-state index >= 15 is 0 Å². The van der Waals surface area contributed by atoms with Crippen molar-refractivity contribution in [3.05, 3.63) is 0 Å². The van der Waals surface area contributed by atoms with E-state index in [0.29, 0.717) is 18.3 Å². The van der Waals surface area contributed by atoms with Crippen LogP contribution >= 0.6 is 0 Å². The molecule has 78 valence electrons. The summed E-state index contributed by atoms with van der Waals surface area (Å²) in [4.78, 5) is 23.8. The molecule has 2 bridgehead atoms. The molecule has 3 atom stereocenters. The maximum absolute atomic E-state index is 12.0. The highest BCUT2D eigenvalue weighted by atomic mass is 16.2. The number of carbonyl (C=O) groups is 2. The van der Waals surface area contributed by atoms with Crippen LogP contribution in [0.5, 0.6) is 0 Å². The lowest BCUT2D eigenvalue weighted by atomic mass is 9.68. The van der Waals surface area contributed by atoms with Crippen LogP contribution < -0.4 is 0 Å². The van der Waals surface area contributed by atoms with Gasteiger partial charge in [-0.2, -0.15) is 0 Å². The van der Waals surface area contributed by atoms with Crippen molar-refractivity contribution in [1.82, 2.24) is 0 Å². The highest BCUT2D eigenvalue weighted by Gasteiger charge is 2.55. The van der Waals surface area contributed by atoms with Crippen LogP contribution in [0, 0.1) is 23.2 Å². The fourth-order valence-electron chi connectivity index (χ4n) is 3.12. The van der Waals surface area contributed by atoms with Gasteiger partial charge in [-0.25, -0.2) is 0 Å². The summed E-state index contributed by atoms with van der Waals surface area (Å²) in [7, 11) is 0. The van der Waals surface area contributed by atoms with Crippen molar-refractivity contribution in [3.63, 3.8) is 0 Å². The average molecular weight is 194 g/mol. The molecule has 0 heterocycles. The van der Waals surface area contributed by atoms with Crippen LogP contribution in [0.2, 0.25) is 0 Å². The summed E-state index contributed by atoms with van der Waals surface area (Å²) in [6.45, 7) is 6.20. The molecule has 2 saturated carbocycles. The first kappa shape index (κ1) is 9.88. The molecule has 0 saturated heterocycles. The summed E-state index contributed by atoms with van der Waals surface area (Å²) in [5, 5.41) is 0. The Balaban J connectivity index is 2.33. The van der Waals surface area contributed by atoms with Gasteiger partial charge in [0, 0.05) is 11.8 Å². The van der Waals surface area contributed by atoms with E-state index in [0.717, 1.165) is 12.8 Å². The molecule has 2 heteroatoms. The summed E-state index contributed by atoms with van der Waals surface area (Å²) in [5.74, 6) is 0.941. The summed E-state index contributed by atoms with van der Waals surface area (Å²) in [6.07, 6.45) is 2.47. The fraction of sp³-hybridized carbons (Fsp3) is 0.833. The van der Waals surface area contributed by atoms with Crippen LogP contribution in [0.4, 0.5) is 0 Å². The first-order chi connectivity index (χ1) is 6.46. The van der Waals surface area contributed by atoms with Crippen molar-refractivity contribution in [2.24, 2.45) is 23.2 Å². The molecule has 0 spiro atoms. The van der Waals surface area contributed by atoms with Crippen molar-refractivity contribution in [2.75, 3.05) is 0 Å². The standard InChI is InChI=1S/C12H18O2/c1-7(2)8-4-5-12(3)6-9(13)10(8)11(12)14/h7-8,10H,4-6H2,1-3H3/t8-,10-,12+/m1/s1. The van der Waals surface area contributed by atoms with E-state index in [9.17, 15) is 9.59 Å². The lowest BCUT2D eigenvalue weighted by Crippen LogP contribution is -2.38. The number of rotatable bonds is 1. The third-order valence-corrected chi connectivity index (χ3v) is 4.10. The van der Waals surface area contributed by atoms with E-state index in [2.05, 4.69) is 13.8 Å². The van der Waals surface area contributed by atoms with E-state index < -0.39 is 0 Å². The fourth-order valence-corrected chi connectivity index (χ4v) is 3.12. The summed E-state index contributed by atoms with van der Waals surface area (Å²) in [5.41, 5.74) is -0.298. The lowest BCUT2D eigenvalue weighted by molar-refractivity contribution is -0.136. The molecule has 0 radical (unpaired) electrons. The van der Waals surface area contributed by atoms with Crippen molar-refractivity contribution in [3.8, 4) is 0 Å². The van der Waals surface area contributed by atoms with Gasteiger partial charge in [0.2, 0.25) is 0 Å². The second-order valence-electron chi connectivity index (χ2n) is 5.49. The smallest absolute Gasteiger partial charge is 0.149 e. The Bertz CT molecular complexity index is 293. The number of hydrogen-bond acceptors (Lipinski definition) is 2. The first-order valence-corrected chi connectivity index (χ1v) is 5.53. The molecular weight excluding hydrogens is 176 g/mol. The van der Waals surface area contributed by atoms with E-state index in [-0.39, 0.29) is 22.9 Å². The van der Waals surface area contributed by atoms with E-state index in [1.807, 2.05) is 6.92 Å². The molecule has 2 aliphatic rings. The Labute approximate surface area is 85.1 Å². The van der Waals surface area contributed by atoms with Gasteiger partial charge in [-0.1, -0.05) is 20.8 Å². The molecule has 0 aromatic heterocycles.